The predicted octanol–water partition coefficient (Wildman–Crippen LogP) is 0.941. The third-order valence-corrected chi connectivity index (χ3v) is 9.32. The molecule has 0 saturated heterocycles. The monoisotopic (exact) mass is 448 g/mol. The maximum Gasteiger partial charge on any atom is 0.308 e. The number of rotatable bonds is 5. The molecular weight excluding hydrogens is 427 g/mol. The van der Waals surface area contributed by atoms with Crippen LogP contribution < -0.4 is 38.4 Å². The molecule has 0 unspecified atom stereocenters. The summed E-state index contributed by atoms with van der Waals surface area (Å²) in [5.41, 5.74) is 0. The second-order valence-electron chi connectivity index (χ2n) is 6.92. The van der Waals surface area contributed by atoms with Crippen molar-refractivity contribution in [3.63, 3.8) is 0 Å². The van der Waals surface area contributed by atoms with Crippen LogP contribution in [-0.4, -0.2) is 11.1 Å². The van der Waals surface area contributed by atoms with Crippen LogP contribution in [0.3, 0.4) is 0 Å². The predicted molar refractivity (Wildman–Crippen MR) is 124 cm³/mol. The van der Waals surface area contributed by atoms with Gasteiger partial charge >= 0.3 is 5.97 Å². The number of carbonyl (C=O) groups is 1. The van der Waals surface area contributed by atoms with Gasteiger partial charge in [-0.15, -0.1) is 0 Å². The van der Waals surface area contributed by atoms with Gasteiger partial charge in [0.2, 0.25) is 0 Å². The third kappa shape index (κ3) is 4.34. The summed E-state index contributed by atoms with van der Waals surface area (Å²) in [4.78, 5) is 11.4. The van der Waals surface area contributed by atoms with Gasteiger partial charge < -0.3 is 22.3 Å². The highest BCUT2D eigenvalue weighted by atomic mass is 35.5. The zero-order valence-corrected chi connectivity index (χ0v) is 18.6. The average Bonchev–Trinajstić information content (AvgIpc) is 2.77. The van der Waals surface area contributed by atoms with E-state index in [0.717, 1.165) is 21.2 Å². The van der Waals surface area contributed by atoms with Crippen molar-refractivity contribution in [2.45, 2.75) is 6.92 Å². The first-order valence-corrected chi connectivity index (χ1v) is 11.5. The van der Waals surface area contributed by atoms with Crippen molar-refractivity contribution in [1.82, 2.24) is 0 Å². The quantitative estimate of drug-likeness (QED) is 0.281. The van der Waals surface area contributed by atoms with Crippen LogP contribution in [0, 0.1) is 0 Å². The summed E-state index contributed by atoms with van der Waals surface area (Å²) in [7, 11) is -2.39. The highest BCUT2D eigenvalue weighted by Crippen LogP contribution is 2.56. The van der Waals surface area contributed by atoms with E-state index in [1.165, 1.54) is 13.0 Å². The number of phenols is 1. The molecule has 156 valence electrons. The van der Waals surface area contributed by atoms with E-state index >= 15 is 0 Å². The fraction of sp³-hybridized carbons (Fsp3) is 0.0385. The van der Waals surface area contributed by atoms with Gasteiger partial charge in [-0.3, -0.25) is 4.79 Å². The lowest BCUT2D eigenvalue weighted by Gasteiger charge is -2.28. The summed E-state index contributed by atoms with van der Waals surface area (Å²) in [5, 5.41) is 15.4. The van der Waals surface area contributed by atoms with Crippen LogP contribution in [-0.2, 0) is 4.79 Å². The Morgan fingerprint density at radius 3 is 1.48 bits per heavy atom. The number of hydrogen-bond donors (Lipinski definition) is 1. The zero-order chi connectivity index (χ0) is 21.0. The van der Waals surface area contributed by atoms with Crippen LogP contribution in [0.1, 0.15) is 6.92 Å². The minimum Gasteiger partial charge on any atom is -1.00 e. The maximum atomic E-state index is 11.4. The minimum atomic E-state index is -2.39. The highest BCUT2D eigenvalue weighted by molar-refractivity contribution is 8.01. The van der Waals surface area contributed by atoms with Gasteiger partial charge in [-0.1, -0.05) is 54.6 Å². The molecule has 0 amide bonds. The molecule has 4 aromatic carbocycles. The van der Waals surface area contributed by atoms with Gasteiger partial charge in [-0.2, -0.15) is 0 Å². The third-order valence-electron chi connectivity index (χ3n) is 5.00. The first-order valence-electron chi connectivity index (χ1n) is 9.70. The topological polar surface area (TPSA) is 46.5 Å². The molecule has 0 aliphatic rings. The Labute approximate surface area is 189 Å². The SMILES string of the molecule is CC(=O)Oc1ccc([P+](c2ccccc2)(c2ccccc2)c2ccccc2)c(O)c1.[Cl-]. The van der Waals surface area contributed by atoms with Gasteiger partial charge in [-0.25, -0.2) is 0 Å². The highest BCUT2D eigenvalue weighted by Gasteiger charge is 2.49. The van der Waals surface area contributed by atoms with Crippen LogP contribution in [0.5, 0.6) is 11.5 Å². The van der Waals surface area contributed by atoms with Crippen LogP contribution in [0.2, 0.25) is 0 Å². The van der Waals surface area contributed by atoms with Crippen molar-refractivity contribution in [1.29, 1.82) is 0 Å². The molecule has 1 N–H and O–H groups in total. The molecule has 0 spiro atoms. The van der Waals surface area contributed by atoms with Crippen molar-refractivity contribution in [2.75, 3.05) is 0 Å². The smallest absolute Gasteiger partial charge is 0.308 e. The van der Waals surface area contributed by atoms with Crippen LogP contribution in [0.4, 0.5) is 0 Å². The number of hydrogen-bond acceptors (Lipinski definition) is 3. The van der Waals surface area contributed by atoms with Gasteiger partial charge in [0.15, 0.2) is 11.1 Å². The van der Waals surface area contributed by atoms with E-state index in [4.69, 9.17) is 4.74 Å². The van der Waals surface area contributed by atoms with Gasteiger partial charge in [0.25, 0.3) is 0 Å². The second-order valence-corrected chi connectivity index (χ2v) is 10.3. The molecule has 5 heteroatoms. The van der Waals surface area contributed by atoms with E-state index < -0.39 is 13.2 Å². The summed E-state index contributed by atoms with van der Waals surface area (Å²) in [6, 6.07) is 36.0. The number of phenolic OH excluding ortho intramolecular Hbond substituents is 1. The van der Waals surface area contributed by atoms with E-state index in [0.29, 0.717) is 5.75 Å². The molecule has 0 atom stereocenters. The Bertz CT molecular complexity index is 1050. The molecule has 0 aliphatic carbocycles. The molecule has 0 bridgehead atoms. The molecule has 0 fully saturated rings. The fourth-order valence-electron chi connectivity index (χ4n) is 3.84. The Morgan fingerprint density at radius 2 is 1.13 bits per heavy atom. The average molecular weight is 449 g/mol. The molecule has 0 heterocycles. The molecule has 4 aromatic rings. The van der Waals surface area contributed by atoms with Crippen LogP contribution in [0.15, 0.2) is 109 Å². The number of halogens is 1. The largest absolute Gasteiger partial charge is 1.00 e. The molecule has 4 rings (SSSR count). The molecule has 0 saturated carbocycles. The van der Waals surface area contributed by atoms with E-state index in [-0.39, 0.29) is 18.2 Å². The summed E-state index contributed by atoms with van der Waals surface area (Å²) >= 11 is 0. The van der Waals surface area contributed by atoms with Crippen molar-refractivity contribution >= 4 is 34.4 Å². The Hall–Kier alpha value is -3.13. The molecule has 0 aliphatic heterocycles. The van der Waals surface area contributed by atoms with Gasteiger partial charge in [-0.05, 0) is 48.5 Å². The van der Waals surface area contributed by atoms with Gasteiger partial charge in [0.05, 0.1) is 0 Å². The zero-order valence-electron chi connectivity index (χ0n) is 17.0. The van der Waals surface area contributed by atoms with Crippen molar-refractivity contribution < 1.29 is 27.0 Å². The Morgan fingerprint density at radius 1 is 0.710 bits per heavy atom. The number of esters is 1. The van der Waals surface area contributed by atoms with Crippen molar-refractivity contribution in [2.24, 2.45) is 0 Å². The summed E-state index contributed by atoms with van der Waals surface area (Å²) in [5.74, 6) is 0.0204. The summed E-state index contributed by atoms with van der Waals surface area (Å²) in [6.07, 6.45) is 0. The molecule has 3 nitrogen and oxygen atoms in total. The lowest BCUT2D eigenvalue weighted by atomic mass is 10.3. The molecular formula is C26H22ClO3P. The normalized spacial score (nSPS) is 10.7. The Balaban J connectivity index is 0.00000272. The first kappa shape index (κ1) is 22.6. The van der Waals surface area contributed by atoms with E-state index in [1.54, 1.807) is 6.07 Å². The maximum absolute atomic E-state index is 11.4. The molecule has 0 aromatic heterocycles. The first-order chi connectivity index (χ1) is 14.6. The lowest BCUT2D eigenvalue weighted by Crippen LogP contribution is -3.00. The van der Waals surface area contributed by atoms with Crippen LogP contribution in [0.25, 0.3) is 0 Å². The second kappa shape index (κ2) is 9.78. The lowest BCUT2D eigenvalue weighted by molar-refractivity contribution is -0.131. The van der Waals surface area contributed by atoms with E-state index in [1.807, 2.05) is 60.7 Å². The Kier molecular flexibility index (Phi) is 7.12. The molecule has 31 heavy (non-hydrogen) atoms. The molecule has 0 radical (unpaired) electrons. The summed E-state index contributed by atoms with van der Waals surface area (Å²) < 4.78 is 5.19. The number of aromatic hydroxyl groups is 1. The minimum absolute atomic E-state index is 0. The fourth-order valence-corrected chi connectivity index (χ4v) is 8.13. The number of carbonyl (C=O) groups excluding carboxylic acids is 1. The van der Waals surface area contributed by atoms with Crippen molar-refractivity contribution in [3.05, 3.63) is 109 Å². The number of ether oxygens (including phenoxy) is 1. The number of benzene rings is 4. The van der Waals surface area contributed by atoms with Crippen molar-refractivity contribution in [3.8, 4) is 11.5 Å². The van der Waals surface area contributed by atoms with Gasteiger partial charge in [0.1, 0.15) is 28.9 Å². The summed E-state index contributed by atoms with van der Waals surface area (Å²) in [6.45, 7) is 1.35. The van der Waals surface area contributed by atoms with E-state index in [9.17, 15) is 9.90 Å². The van der Waals surface area contributed by atoms with Gasteiger partial charge in [0, 0.05) is 13.0 Å². The standard InChI is InChI=1S/C26H21O3P.ClH/c1-20(27)29-21-17-18-26(25(28)19-21)30(22-11-5-2-6-12-22,23-13-7-3-8-14-23)24-15-9-4-10-16-24;/h2-19H,1H3;1H. The van der Waals surface area contributed by atoms with Crippen LogP contribution >= 0.6 is 7.26 Å². The van der Waals surface area contributed by atoms with E-state index in [2.05, 4.69) is 36.4 Å².